The number of nitrogens with one attached hydrogen (secondary N) is 1. The monoisotopic (exact) mass is 376 g/mol. The average Bonchev–Trinajstić information content (AvgIpc) is 2.61. The van der Waals surface area contributed by atoms with Crippen LogP contribution in [0.25, 0.3) is 11.0 Å². The van der Waals surface area contributed by atoms with Gasteiger partial charge in [-0.2, -0.15) is 0 Å². The molecule has 0 radical (unpaired) electrons. The van der Waals surface area contributed by atoms with Crippen LogP contribution in [-0.4, -0.2) is 28.8 Å². The molecule has 8 heteroatoms. The van der Waals surface area contributed by atoms with Gasteiger partial charge >= 0.3 is 0 Å². The van der Waals surface area contributed by atoms with E-state index in [-0.39, 0.29) is 0 Å². The van der Waals surface area contributed by atoms with Crippen molar-refractivity contribution in [1.82, 2.24) is 9.97 Å². The second-order valence-corrected chi connectivity index (χ2v) is 5.84. The van der Waals surface area contributed by atoms with Gasteiger partial charge < -0.3 is 14.9 Å². The highest BCUT2D eigenvalue weighted by molar-refractivity contribution is 6.66. The van der Waals surface area contributed by atoms with Crippen LogP contribution in [0.3, 0.4) is 0 Å². The first-order valence-corrected chi connectivity index (χ1v) is 8.09. The van der Waals surface area contributed by atoms with Gasteiger partial charge in [0.1, 0.15) is 12.9 Å². The number of hydrogen-bond acceptors (Lipinski definition) is 6. The third-order valence-corrected chi connectivity index (χ3v) is 3.63. The molecule has 0 unspecified atom stereocenters. The Morgan fingerprint density at radius 1 is 1.16 bits per heavy atom. The molecule has 0 bridgehead atoms. The number of oxime groups is 1. The van der Waals surface area contributed by atoms with Crippen molar-refractivity contribution in [2.75, 3.05) is 19.0 Å². The Kier molecular flexibility index (Phi) is 5.53. The SMILES string of the molecule is CO/N=C(\Cl)CNc1ccc(Oc2cnc3cc(Cl)ccc3n2)cc1. The van der Waals surface area contributed by atoms with Crippen LogP contribution in [0.4, 0.5) is 5.69 Å². The lowest BCUT2D eigenvalue weighted by Crippen LogP contribution is -2.08. The molecule has 1 N–H and O–H groups in total. The minimum Gasteiger partial charge on any atom is -0.437 e. The summed E-state index contributed by atoms with van der Waals surface area (Å²) in [4.78, 5) is 13.3. The molecule has 0 aliphatic heterocycles. The van der Waals surface area contributed by atoms with Gasteiger partial charge in [0.2, 0.25) is 5.88 Å². The lowest BCUT2D eigenvalue weighted by molar-refractivity contribution is 0.214. The van der Waals surface area contributed by atoms with Crippen LogP contribution < -0.4 is 10.1 Å². The summed E-state index contributed by atoms with van der Waals surface area (Å²) in [6.07, 6.45) is 1.56. The normalized spacial score (nSPS) is 11.4. The van der Waals surface area contributed by atoms with Crippen LogP contribution in [0.1, 0.15) is 0 Å². The molecule has 2 aromatic carbocycles. The number of halogens is 2. The van der Waals surface area contributed by atoms with Crippen molar-refractivity contribution in [2.45, 2.75) is 0 Å². The maximum absolute atomic E-state index is 5.94. The second-order valence-electron chi connectivity index (χ2n) is 4.97. The Bertz CT molecular complexity index is 901. The van der Waals surface area contributed by atoms with Crippen molar-refractivity contribution in [2.24, 2.45) is 5.16 Å². The maximum atomic E-state index is 5.94. The molecule has 0 saturated heterocycles. The van der Waals surface area contributed by atoms with Crippen LogP contribution in [0.5, 0.6) is 11.6 Å². The molecule has 0 saturated carbocycles. The highest BCUT2D eigenvalue weighted by Crippen LogP contribution is 2.23. The van der Waals surface area contributed by atoms with Crippen LogP contribution >= 0.6 is 23.2 Å². The molecule has 3 rings (SSSR count). The molecule has 6 nitrogen and oxygen atoms in total. The summed E-state index contributed by atoms with van der Waals surface area (Å²) in [6, 6.07) is 12.7. The van der Waals surface area contributed by atoms with Gasteiger partial charge in [0.25, 0.3) is 0 Å². The summed E-state index contributed by atoms with van der Waals surface area (Å²) in [6.45, 7) is 0.369. The van der Waals surface area contributed by atoms with Crippen molar-refractivity contribution in [3.8, 4) is 11.6 Å². The number of hydrogen-bond donors (Lipinski definition) is 1. The molecular formula is C17H14Cl2N4O2. The van der Waals surface area contributed by atoms with E-state index in [4.69, 9.17) is 27.9 Å². The summed E-state index contributed by atoms with van der Waals surface area (Å²) in [5, 5.41) is 7.67. The molecule has 0 spiro atoms. The number of benzene rings is 2. The standard InChI is InChI=1S/C17H14Cl2N4O2/c1-24-23-16(19)9-20-12-3-5-13(6-4-12)25-17-10-21-15-8-11(18)2-7-14(15)22-17/h2-8,10,20H,9H2,1H3/b23-16-. The molecule has 1 heterocycles. The van der Waals surface area contributed by atoms with Gasteiger partial charge in [-0.05, 0) is 42.5 Å². The first-order valence-electron chi connectivity index (χ1n) is 7.33. The zero-order chi connectivity index (χ0) is 17.6. The Morgan fingerprint density at radius 3 is 2.72 bits per heavy atom. The van der Waals surface area contributed by atoms with Crippen LogP contribution in [0.15, 0.2) is 53.8 Å². The fourth-order valence-electron chi connectivity index (χ4n) is 2.08. The molecule has 0 fully saturated rings. The van der Waals surface area contributed by atoms with Gasteiger partial charge in [-0.3, -0.25) is 0 Å². The van der Waals surface area contributed by atoms with E-state index < -0.39 is 0 Å². The zero-order valence-electron chi connectivity index (χ0n) is 13.2. The van der Waals surface area contributed by atoms with Crippen molar-refractivity contribution in [1.29, 1.82) is 0 Å². The van der Waals surface area contributed by atoms with Crippen molar-refractivity contribution < 1.29 is 9.57 Å². The molecule has 3 aromatic rings. The summed E-state index contributed by atoms with van der Waals surface area (Å²) >= 11 is 11.8. The highest BCUT2D eigenvalue weighted by atomic mass is 35.5. The average molecular weight is 377 g/mol. The lowest BCUT2D eigenvalue weighted by atomic mass is 10.3. The first-order chi connectivity index (χ1) is 12.1. The Hall–Kier alpha value is -2.57. The van der Waals surface area contributed by atoms with E-state index >= 15 is 0 Å². The van der Waals surface area contributed by atoms with Crippen molar-refractivity contribution >= 4 is 45.1 Å². The third kappa shape index (κ3) is 4.71. The number of aromatic nitrogens is 2. The first kappa shape index (κ1) is 17.3. The maximum Gasteiger partial charge on any atom is 0.238 e. The third-order valence-electron chi connectivity index (χ3n) is 3.19. The number of nitrogens with zero attached hydrogens (tertiary/aromatic N) is 3. The molecule has 0 aliphatic rings. The van der Waals surface area contributed by atoms with E-state index in [1.165, 1.54) is 7.11 Å². The minimum atomic E-state index is 0.328. The predicted molar refractivity (Wildman–Crippen MR) is 99.9 cm³/mol. The fraction of sp³-hybridized carbons (Fsp3) is 0.118. The highest BCUT2D eigenvalue weighted by Gasteiger charge is 2.04. The molecule has 0 atom stereocenters. The van der Waals surface area contributed by atoms with Gasteiger partial charge in [-0.25, -0.2) is 9.97 Å². The van der Waals surface area contributed by atoms with E-state index in [0.717, 1.165) is 5.69 Å². The topological polar surface area (TPSA) is 68.6 Å². The molecule has 1 aromatic heterocycles. The quantitative estimate of drug-likeness (QED) is 0.499. The van der Waals surface area contributed by atoms with Crippen molar-refractivity contribution in [3.05, 3.63) is 53.7 Å². The number of fused-ring (bicyclic) bond motifs is 1. The fourth-order valence-corrected chi connectivity index (χ4v) is 2.39. The predicted octanol–water partition coefficient (Wildman–Crippen LogP) is 4.69. The van der Waals surface area contributed by atoms with E-state index in [1.807, 2.05) is 24.3 Å². The van der Waals surface area contributed by atoms with Gasteiger partial charge in [-0.1, -0.05) is 28.4 Å². The largest absolute Gasteiger partial charge is 0.437 e. The van der Waals surface area contributed by atoms with E-state index in [2.05, 4.69) is 25.3 Å². The summed E-state index contributed by atoms with van der Waals surface area (Å²) in [7, 11) is 1.44. The Balaban J connectivity index is 1.67. The molecule has 0 amide bonds. The van der Waals surface area contributed by atoms with Gasteiger partial charge in [0.05, 0.1) is 23.8 Å². The van der Waals surface area contributed by atoms with Crippen LogP contribution in [0, 0.1) is 0 Å². The molecule has 25 heavy (non-hydrogen) atoms. The van der Waals surface area contributed by atoms with Crippen LogP contribution in [-0.2, 0) is 4.84 Å². The van der Waals surface area contributed by atoms with Gasteiger partial charge in [0.15, 0.2) is 5.17 Å². The lowest BCUT2D eigenvalue weighted by Gasteiger charge is -2.08. The smallest absolute Gasteiger partial charge is 0.238 e. The summed E-state index contributed by atoms with van der Waals surface area (Å²) in [5.41, 5.74) is 2.30. The second kappa shape index (κ2) is 8.00. The summed E-state index contributed by atoms with van der Waals surface area (Å²) in [5.74, 6) is 1.05. The molecular weight excluding hydrogens is 363 g/mol. The zero-order valence-corrected chi connectivity index (χ0v) is 14.8. The molecule has 128 valence electrons. The van der Waals surface area contributed by atoms with E-state index in [9.17, 15) is 0 Å². The van der Waals surface area contributed by atoms with Crippen molar-refractivity contribution in [3.63, 3.8) is 0 Å². The Morgan fingerprint density at radius 2 is 1.96 bits per heavy atom. The van der Waals surface area contributed by atoms with E-state index in [0.29, 0.717) is 39.4 Å². The molecule has 0 aliphatic carbocycles. The number of rotatable bonds is 6. The number of ether oxygens (including phenoxy) is 1. The van der Waals surface area contributed by atoms with Gasteiger partial charge in [-0.15, -0.1) is 0 Å². The number of anilines is 1. The summed E-state index contributed by atoms with van der Waals surface area (Å²) < 4.78 is 5.73. The Labute approximate surface area is 154 Å². The van der Waals surface area contributed by atoms with E-state index in [1.54, 1.807) is 24.4 Å². The van der Waals surface area contributed by atoms with Crippen LogP contribution in [0.2, 0.25) is 5.02 Å². The minimum absolute atomic E-state index is 0.328. The van der Waals surface area contributed by atoms with Gasteiger partial charge in [0, 0.05) is 10.7 Å².